The first-order valence-corrected chi connectivity index (χ1v) is 8.61. The van der Waals surface area contributed by atoms with Crippen LogP contribution in [0.5, 0.6) is 5.75 Å². The van der Waals surface area contributed by atoms with Gasteiger partial charge in [-0.25, -0.2) is 0 Å². The molecule has 0 heterocycles. The van der Waals surface area contributed by atoms with Gasteiger partial charge in [-0.3, -0.25) is 0 Å². The fraction of sp³-hybridized carbons (Fsp3) is 0.500. The highest BCUT2D eigenvalue weighted by Gasteiger charge is 2.08. The van der Waals surface area contributed by atoms with Crippen LogP contribution in [-0.4, -0.2) is 6.61 Å². The van der Waals surface area contributed by atoms with Crippen molar-refractivity contribution in [2.75, 3.05) is 6.61 Å². The molecule has 1 rings (SSSR count). The Morgan fingerprint density at radius 1 is 1.38 bits per heavy atom. The number of hydrogen-bond donors (Lipinski definition) is 0. The van der Waals surface area contributed by atoms with Crippen LogP contribution < -0.4 is 4.52 Å². The van der Waals surface area contributed by atoms with E-state index in [2.05, 4.69) is 29.3 Å². The molecule has 4 heteroatoms. The molecule has 90 valence electrons. The van der Waals surface area contributed by atoms with E-state index in [0.29, 0.717) is 5.92 Å². The van der Waals surface area contributed by atoms with Crippen LogP contribution in [0.4, 0.5) is 0 Å². The standard InChI is InChI=1S/C12H18BrO2P/c1-10(2)7-8-14-16(13)15-12-6-4-5-11(3)9-12/h4-6,9-10H,7-8H2,1-3H3. The molecular formula is C12H18BrO2P. The quantitative estimate of drug-likeness (QED) is 0.684. The second-order valence-corrected chi connectivity index (χ2v) is 6.74. The molecule has 0 amide bonds. The summed E-state index contributed by atoms with van der Waals surface area (Å²) in [6.07, 6.45) is 1.06. The summed E-state index contributed by atoms with van der Waals surface area (Å²) in [6, 6.07) is 7.97. The van der Waals surface area contributed by atoms with E-state index in [1.165, 1.54) is 5.56 Å². The van der Waals surface area contributed by atoms with Crippen LogP contribution in [0.25, 0.3) is 0 Å². The van der Waals surface area contributed by atoms with E-state index < -0.39 is 7.08 Å². The summed E-state index contributed by atoms with van der Waals surface area (Å²) in [5.74, 6) is 1.52. The van der Waals surface area contributed by atoms with Gasteiger partial charge in [0.25, 0.3) is 0 Å². The molecule has 0 N–H and O–H groups in total. The van der Waals surface area contributed by atoms with Crippen molar-refractivity contribution in [1.82, 2.24) is 0 Å². The minimum absolute atomic E-state index is 0.662. The average Bonchev–Trinajstić information content (AvgIpc) is 2.16. The third kappa shape index (κ3) is 5.83. The van der Waals surface area contributed by atoms with Crippen molar-refractivity contribution in [2.24, 2.45) is 5.92 Å². The zero-order valence-corrected chi connectivity index (χ0v) is 12.4. The molecule has 16 heavy (non-hydrogen) atoms. The molecule has 0 aliphatic heterocycles. The van der Waals surface area contributed by atoms with E-state index in [9.17, 15) is 0 Å². The number of rotatable bonds is 6. The molecule has 0 aliphatic rings. The van der Waals surface area contributed by atoms with E-state index in [0.717, 1.165) is 18.8 Å². The van der Waals surface area contributed by atoms with Crippen molar-refractivity contribution in [3.05, 3.63) is 29.8 Å². The molecule has 0 bridgehead atoms. The Morgan fingerprint density at radius 3 is 2.75 bits per heavy atom. The predicted octanol–water partition coefficient (Wildman–Crippen LogP) is 5.06. The maximum atomic E-state index is 5.64. The average molecular weight is 305 g/mol. The minimum Gasteiger partial charge on any atom is -0.439 e. The van der Waals surface area contributed by atoms with E-state index in [4.69, 9.17) is 9.05 Å². The third-order valence-electron chi connectivity index (χ3n) is 2.05. The fourth-order valence-corrected chi connectivity index (χ4v) is 2.66. The summed E-state index contributed by atoms with van der Waals surface area (Å²) < 4.78 is 11.2. The van der Waals surface area contributed by atoms with Crippen molar-refractivity contribution < 1.29 is 9.05 Å². The predicted molar refractivity (Wildman–Crippen MR) is 73.1 cm³/mol. The summed E-state index contributed by atoms with van der Waals surface area (Å²) in [5.41, 5.74) is 1.19. The van der Waals surface area contributed by atoms with Crippen LogP contribution in [0, 0.1) is 12.8 Å². The highest BCUT2D eigenvalue weighted by Crippen LogP contribution is 2.46. The second kappa shape index (κ2) is 7.26. The largest absolute Gasteiger partial charge is 0.439 e. The van der Waals surface area contributed by atoms with E-state index >= 15 is 0 Å². The number of halogens is 1. The van der Waals surface area contributed by atoms with Gasteiger partial charge >= 0.3 is 7.08 Å². The topological polar surface area (TPSA) is 18.5 Å². The second-order valence-electron chi connectivity index (χ2n) is 4.14. The first kappa shape index (κ1) is 14.0. The molecule has 1 aromatic carbocycles. The number of aryl methyl sites for hydroxylation is 1. The molecule has 0 saturated carbocycles. The fourth-order valence-electron chi connectivity index (χ4n) is 1.14. The van der Waals surface area contributed by atoms with Crippen molar-refractivity contribution in [2.45, 2.75) is 27.2 Å². The molecule has 0 saturated heterocycles. The van der Waals surface area contributed by atoms with Crippen LogP contribution in [0.3, 0.4) is 0 Å². The first-order valence-electron chi connectivity index (χ1n) is 5.41. The maximum absolute atomic E-state index is 5.64. The van der Waals surface area contributed by atoms with Crippen LogP contribution in [0.15, 0.2) is 24.3 Å². The molecule has 0 aromatic heterocycles. The van der Waals surface area contributed by atoms with Crippen molar-refractivity contribution in [1.29, 1.82) is 0 Å². The molecule has 1 aromatic rings. The zero-order chi connectivity index (χ0) is 12.0. The van der Waals surface area contributed by atoms with Gasteiger partial charge in [0.2, 0.25) is 0 Å². The molecule has 0 spiro atoms. The lowest BCUT2D eigenvalue weighted by molar-refractivity contribution is 0.298. The van der Waals surface area contributed by atoms with E-state index in [-0.39, 0.29) is 0 Å². The van der Waals surface area contributed by atoms with Gasteiger partial charge in [0.1, 0.15) is 5.75 Å². The number of benzene rings is 1. The third-order valence-corrected chi connectivity index (χ3v) is 3.84. The van der Waals surface area contributed by atoms with Gasteiger partial charge in [0, 0.05) is 15.5 Å². The minimum atomic E-state index is -0.987. The van der Waals surface area contributed by atoms with Gasteiger partial charge in [-0.1, -0.05) is 26.0 Å². The smallest absolute Gasteiger partial charge is 0.307 e. The SMILES string of the molecule is Cc1cccc(OP(Br)OCCC(C)C)c1. The summed E-state index contributed by atoms with van der Waals surface area (Å²) >= 11 is 3.41. The van der Waals surface area contributed by atoms with Gasteiger partial charge in [-0.2, -0.15) is 0 Å². The van der Waals surface area contributed by atoms with Crippen LogP contribution in [0.1, 0.15) is 25.8 Å². The van der Waals surface area contributed by atoms with Crippen molar-refractivity contribution in [3.8, 4) is 5.75 Å². The summed E-state index contributed by atoms with van der Waals surface area (Å²) in [5, 5.41) is 0. The van der Waals surface area contributed by atoms with Gasteiger partial charge in [-0.15, -0.1) is 0 Å². The molecule has 0 aliphatic carbocycles. The zero-order valence-electron chi connectivity index (χ0n) is 9.94. The van der Waals surface area contributed by atoms with E-state index in [1.807, 2.05) is 31.2 Å². The lowest BCUT2D eigenvalue weighted by Crippen LogP contribution is -1.96. The molecule has 0 radical (unpaired) electrons. The molecular weight excluding hydrogens is 287 g/mol. The van der Waals surface area contributed by atoms with Crippen molar-refractivity contribution in [3.63, 3.8) is 0 Å². The Kier molecular flexibility index (Phi) is 6.33. The monoisotopic (exact) mass is 304 g/mol. The lowest BCUT2D eigenvalue weighted by Gasteiger charge is -2.13. The maximum Gasteiger partial charge on any atom is 0.307 e. The molecule has 2 nitrogen and oxygen atoms in total. The highest BCUT2D eigenvalue weighted by molar-refractivity contribution is 9.38. The van der Waals surface area contributed by atoms with Crippen LogP contribution >= 0.6 is 22.6 Å². The highest BCUT2D eigenvalue weighted by atomic mass is 79.9. The van der Waals surface area contributed by atoms with Crippen LogP contribution in [-0.2, 0) is 4.52 Å². The summed E-state index contributed by atoms with van der Waals surface area (Å²) in [7, 11) is -0.987. The Hall–Kier alpha value is -0.110. The Labute approximate surface area is 107 Å². The van der Waals surface area contributed by atoms with Gasteiger partial charge in [0.05, 0.1) is 6.61 Å². The molecule has 1 unspecified atom stereocenters. The van der Waals surface area contributed by atoms with Crippen molar-refractivity contribution >= 4 is 22.6 Å². The van der Waals surface area contributed by atoms with Crippen LogP contribution in [0.2, 0.25) is 0 Å². The van der Waals surface area contributed by atoms with E-state index in [1.54, 1.807) is 0 Å². The van der Waals surface area contributed by atoms with Gasteiger partial charge in [0.15, 0.2) is 0 Å². The molecule has 0 fully saturated rings. The molecule has 1 atom stereocenters. The van der Waals surface area contributed by atoms with Gasteiger partial charge < -0.3 is 9.05 Å². The Morgan fingerprint density at radius 2 is 2.12 bits per heavy atom. The Bertz CT molecular complexity index is 318. The normalized spacial score (nSPS) is 12.8. The summed E-state index contributed by atoms with van der Waals surface area (Å²) in [6.45, 7) is 7.14. The van der Waals surface area contributed by atoms with Gasteiger partial charge in [-0.05, 0) is 37.0 Å². The summed E-state index contributed by atoms with van der Waals surface area (Å²) in [4.78, 5) is 0. The lowest BCUT2D eigenvalue weighted by atomic mass is 10.2. The Balaban J connectivity index is 2.31. The first-order chi connectivity index (χ1) is 7.58. The number of hydrogen-bond acceptors (Lipinski definition) is 2.